The number of aliphatic imine (C=N–C) groups is 1. The summed E-state index contributed by atoms with van der Waals surface area (Å²) in [6, 6.07) is 2.15. The maximum Gasteiger partial charge on any atom is 0.196 e. The van der Waals surface area contributed by atoms with Gasteiger partial charge in [-0.25, -0.2) is 24.9 Å². The second kappa shape index (κ2) is 7.70. The Bertz CT molecular complexity index is 1400. The maximum atomic E-state index is 6.74. The van der Waals surface area contributed by atoms with Gasteiger partial charge in [-0.2, -0.15) is 0 Å². The smallest absolute Gasteiger partial charge is 0.196 e. The van der Waals surface area contributed by atoms with Crippen molar-refractivity contribution in [3.05, 3.63) is 35.4 Å². The van der Waals surface area contributed by atoms with E-state index in [1.165, 1.54) is 11.8 Å². The van der Waals surface area contributed by atoms with E-state index in [4.69, 9.17) is 33.0 Å². The Morgan fingerprint density at radius 3 is 2.76 bits per heavy atom. The Balaban J connectivity index is 1.37. The number of hydrogen-bond acceptors (Lipinski definition) is 8. The topological polar surface area (TPSA) is 148 Å². The Labute approximate surface area is 198 Å². The molecule has 5 N–H and O–H groups in total. The zero-order valence-corrected chi connectivity index (χ0v) is 19.3. The van der Waals surface area contributed by atoms with Gasteiger partial charge in [0.2, 0.25) is 0 Å². The third-order valence-electron chi connectivity index (χ3n) is 6.23. The standard InChI is InChI=1S/C21H21ClN10S/c1-2-12-15(22)14-18(28-12)30-21(33-9-5-13-17(27-6-9)26-4-3-25-13)31-19(14)32-7-10-11(8-32)16(10)29-20(23)24/h3-6,10-11,16H,2,7-8H2,1H3,(H4,23,24,29)(H,28,30,31)/t10-,11+,16?. The highest BCUT2D eigenvalue weighted by atomic mass is 35.5. The number of hydrogen-bond donors (Lipinski definition) is 3. The lowest BCUT2D eigenvalue weighted by Crippen LogP contribution is -2.28. The van der Waals surface area contributed by atoms with Gasteiger partial charge in [0.1, 0.15) is 17.0 Å². The van der Waals surface area contributed by atoms with Crippen LogP contribution < -0.4 is 16.4 Å². The molecule has 1 aliphatic carbocycles. The maximum absolute atomic E-state index is 6.74. The number of rotatable bonds is 5. The molecule has 0 radical (unpaired) electrons. The number of anilines is 1. The summed E-state index contributed by atoms with van der Waals surface area (Å²) in [7, 11) is 0. The van der Waals surface area contributed by atoms with Crippen LogP contribution in [-0.4, -0.2) is 55.0 Å². The highest BCUT2D eigenvalue weighted by molar-refractivity contribution is 7.99. The van der Waals surface area contributed by atoms with Gasteiger partial charge in [-0.15, -0.1) is 0 Å². The lowest BCUT2D eigenvalue weighted by atomic mass is 10.2. The average molecular weight is 481 g/mol. The van der Waals surface area contributed by atoms with Gasteiger partial charge in [0, 0.05) is 54.1 Å². The van der Waals surface area contributed by atoms with Crippen LogP contribution in [0.2, 0.25) is 5.02 Å². The van der Waals surface area contributed by atoms with Gasteiger partial charge in [-0.3, -0.25) is 4.98 Å². The molecule has 0 amide bonds. The first kappa shape index (κ1) is 20.4. The Morgan fingerprint density at radius 1 is 1.21 bits per heavy atom. The van der Waals surface area contributed by atoms with E-state index in [1.807, 2.05) is 6.07 Å². The Kier molecular flexibility index (Phi) is 4.77. The normalized spacial score (nSPS) is 21.5. The van der Waals surface area contributed by atoms with E-state index < -0.39 is 0 Å². The van der Waals surface area contributed by atoms with Crippen molar-refractivity contribution < 1.29 is 0 Å². The summed E-state index contributed by atoms with van der Waals surface area (Å²) in [4.78, 5) is 33.5. The molecule has 0 spiro atoms. The molecular formula is C21H21ClN10S. The van der Waals surface area contributed by atoms with Gasteiger partial charge in [0.25, 0.3) is 0 Å². The van der Waals surface area contributed by atoms with Gasteiger partial charge in [0.15, 0.2) is 16.8 Å². The molecule has 5 heterocycles. The minimum Gasteiger partial charge on any atom is -0.370 e. The van der Waals surface area contributed by atoms with Crippen LogP contribution in [0.3, 0.4) is 0 Å². The molecule has 33 heavy (non-hydrogen) atoms. The van der Waals surface area contributed by atoms with Crippen LogP contribution >= 0.6 is 23.4 Å². The fraction of sp³-hybridized carbons (Fsp3) is 0.333. The summed E-state index contributed by atoms with van der Waals surface area (Å²) in [5, 5.41) is 2.16. The summed E-state index contributed by atoms with van der Waals surface area (Å²) >= 11 is 8.18. The number of halogens is 1. The van der Waals surface area contributed by atoms with Crippen LogP contribution in [-0.2, 0) is 6.42 Å². The van der Waals surface area contributed by atoms with Crippen LogP contribution in [0.4, 0.5) is 5.82 Å². The molecule has 1 unspecified atom stereocenters. The number of nitrogens with two attached hydrogens (primary N) is 2. The van der Waals surface area contributed by atoms with E-state index in [2.05, 4.69) is 36.8 Å². The lowest BCUT2D eigenvalue weighted by molar-refractivity contribution is 0.732. The number of pyridine rings is 1. The summed E-state index contributed by atoms with van der Waals surface area (Å²) < 4.78 is 0. The van der Waals surface area contributed by atoms with E-state index in [-0.39, 0.29) is 12.0 Å². The first-order chi connectivity index (χ1) is 16.0. The molecule has 2 fully saturated rings. The third kappa shape index (κ3) is 3.51. The predicted octanol–water partition coefficient (Wildman–Crippen LogP) is 2.37. The summed E-state index contributed by atoms with van der Waals surface area (Å²) in [5.74, 6) is 1.85. The average Bonchev–Trinajstić information content (AvgIpc) is 3.12. The van der Waals surface area contributed by atoms with Crippen LogP contribution in [0.1, 0.15) is 12.6 Å². The molecule has 0 bridgehead atoms. The molecule has 10 nitrogen and oxygen atoms in total. The second-order valence-corrected chi connectivity index (χ2v) is 9.69. The van der Waals surface area contributed by atoms with Gasteiger partial charge in [-0.05, 0) is 24.2 Å². The molecule has 2 aliphatic rings. The molecule has 4 aromatic rings. The fourth-order valence-corrected chi connectivity index (χ4v) is 5.73. The molecule has 168 valence electrons. The Hall–Kier alpha value is -3.18. The van der Waals surface area contributed by atoms with Crippen molar-refractivity contribution in [2.75, 3.05) is 18.0 Å². The Morgan fingerprint density at radius 2 is 2.00 bits per heavy atom. The molecule has 1 saturated heterocycles. The highest BCUT2D eigenvalue weighted by Gasteiger charge is 2.56. The molecular weight excluding hydrogens is 460 g/mol. The summed E-state index contributed by atoms with van der Waals surface area (Å²) in [6.07, 6.45) is 5.83. The molecule has 1 aliphatic heterocycles. The monoisotopic (exact) mass is 480 g/mol. The number of H-pyrrole nitrogens is 1. The van der Waals surface area contributed by atoms with E-state index in [9.17, 15) is 0 Å². The van der Waals surface area contributed by atoms with E-state index >= 15 is 0 Å². The molecule has 12 heteroatoms. The second-order valence-electron chi connectivity index (χ2n) is 8.27. The third-order valence-corrected chi connectivity index (χ3v) is 7.47. The molecule has 4 aromatic heterocycles. The van der Waals surface area contributed by atoms with Crippen molar-refractivity contribution in [2.45, 2.75) is 29.4 Å². The zero-order valence-electron chi connectivity index (χ0n) is 17.7. The lowest BCUT2D eigenvalue weighted by Gasteiger charge is -2.21. The van der Waals surface area contributed by atoms with Crippen molar-refractivity contribution in [2.24, 2.45) is 28.3 Å². The minimum absolute atomic E-state index is 0.152. The number of fused-ring (bicyclic) bond motifs is 3. The fourth-order valence-electron chi connectivity index (χ4n) is 4.62. The van der Waals surface area contributed by atoms with E-state index in [0.29, 0.717) is 27.7 Å². The van der Waals surface area contributed by atoms with Crippen LogP contribution in [0.25, 0.3) is 22.2 Å². The molecule has 6 rings (SSSR count). The molecule has 3 atom stereocenters. The van der Waals surface area contributed by atoms with Crippen molar-refractivity contribution in [3.8, 4) is 0 Å². The number of aryl methyl sites for hydroxylation is 1. The van der Waals surface area contributed by atoms with E-state index in [0.717, 1.165) is 52.5 Å². The molecule has 0 aromatic carbocycles. The number of guanidine groups is 1. The van der Waals surface area contributed by atoms with Crippen LogP contribution in [0.15, 0.2) is 39.7 Å². The number of piperidine rings is 1. The first-order valence-electron chi connectivity index (χ1n) is 10.7. The van der Waals surface area contributed by atoms with Gasteiger partial charge < -0.3 is 21.4 Å². The summed E-state index contributed by atoms with van der Waals surface area (Å²) in [5.41, 5.74) is 14.2. The van der Waals surface area contributed by atoms with Gasteiger partial charge >= 0.3 is 0 Å². The van der Waals surface area contributed by atoms with Crippen LogP contribution in [0, 0.1) is 11.8 Å². The number of nitrogens with zero attached hydrogens (tertiary/aromatic N) is 7. The minimum atomic E-state index is 0.152. The quantitative estimate of drug-likeness (QED) is 0.222. The van der Waals surface area contributed by atoms with Crippen molar-refractivity contribution in [1.29, 1.82) is 0 Å². The largest absolute Gasteiger partial charge is 0.370 e. The van der Waals surface area contributed by atoms with Crippen LogP contribution in [0.5, 0.6) is 0 Å². The number of nitrogens with one attached hydrogen (secondary N) is 1. The predicted molar refractivity (Wildman–Crippen MR) is 129 cm³/mol. The zero-order chi connectivity index (χ0) is 22.7. The van der Waals surface area contributed by atoms with Gasteiger partial charge in [-0.1, -0.05) is 18.5 Å². The van der Waals surface area contributed by atoms with Crippen molar-refractivity contribution in [3.63, 3.8) is 0 Å². The number of aromatic amines is 1. The van der Waals surface area contributed by atoms with Crippen molar-refractivity contribution in [1.82, 2.24) is 29.9 Å². The number of aromatic nitrogens is 6. The first-order valence-corrected chi connectivity index (χ1v) is 11.9. The van der Waals surface area contributed by atoms with Gasteiger partial charge in [0.05, 0.1) is 16.5 Å². The molecule has 1 saturated carbocycles. The van der Waals surface area contributed by atoms with E-state index in [1.54, 1.807) is 18.6 Å². The van der Waals surface area contributed by atoms with Crippen molar-refractivity contribution >= 4 is 57.3 Å². The summed E-state index contributed by atoms with van der Waals surface area (Å²) in [6.45, 7) is 3.73. The highest BCUT2D eigenvalue weighted by Crippen LogP contribution is 2.50. The SMILES string of the molecule is CCc1[nH]c2nc(Sc3cnc4nccnc4c3)nc(N3C[C@@H]4C(N=C(N)N)[C@@H]4C3)c2c1Cl.